The average Bonchev–Trinajstić information content (AvgIpc) is 2.65. The van der Waals surface area contributed by atoms with Crippen molar-refractivity contribution < 1.29 is 10.2 Å². The predicted octanol–water partition coefficient (Wildman–Crippen LogP) is 2.52. The molecule has 2 aromatic rings. The smallest absolute Gasteiger partial charge is 0.224 e. The molecule has 0 bridgehead atoms. The van der Waals surface area contributed by atoms with Gasteiger partial charge in [-0.25, -0.2) is 4.98 Å². The van der Waals surface area contributed by atoms with Crippen LogP contribution in [0.2, 0.25) is 0 Å². The van der Waals surface area contributed by atoms with Gasteiger partial charge in [0.05, 0.1) is 18.8 Å². The predicted molar refractivity (Wildman–Crippen MR) is 103 cm³/mol. The molecule has 6 heteroatoms. The largest absolute Gasteiger partial charge is 0.394 e. The number of anilines is 2. The van der Waals surface area contributed by atoms with Gasteiger partial charge in [0.25, 0.3) is 0 Å². The summed E-state index contributed by atoms with van der Waals surface area (Å²) in [5, 5.41) is 22.5. The van der Waals surface area contributed by atoms with E-state index in [-0.39, 0.29) is 18.6 Å². The molecule has 0 aliphatic carbocycles. The van der Waals surface area contributed by atoms with Crippen LogP contribution >= 0.6 is 0 Å². The van der Waals surface area contributed by atoms with E-state index >= 15 is 0 Å². The van der Waals surface area contributed by atoms with Crippen LogP contribution in [-0.4, -0.2) is 39.4 Å². The molecule has 2 atom stereocenters. The van der Waals surface area contributed by atoms with Crippen LogP contribution in [-0.2, 0) is 13.0 Å². The topological polar surface area (TPSA) is 81.5 Å². The molecule has 0 radical (unpaired) electrons. The number of nitrogens with zero attached hydrogens (tertiary/aromatic N) is 3. The quantitative estimate of drug-likeness (QED) is 0.738. The number of rotatable bonds is 6. The molecule has 6 nitrogen and oxygen atoms in total. The highest BCUT2D eigenvalue weighted by Gasteiger charge is 2.20. The van der Waals surface area contributed by atoms with E-state index in [1.807, 2.05) is 12.1 Å². The van der Waals surface area contributed by atoms with E-state index < -0.39 is 6.10 Å². The molecule has 0 saturated carbocycles. The molecule has 0 amide bonds. The van der Waals surface area contributed by atoms with Crippen LogP contribution in [0.4, 0.5) is 11.8 Å². The van der Waals surface area contributed by atoms with Crippen LogP contribution < -0.4 is 10.2 Å². The molecule has 140 valence electrons. The fourth-order valence-electron chi connectivity index (χ4n) is 3.21. The summed E-state index contributed by atoms with van der Waals surface area (Å²) in [6.45, 7) is 7.62. The summed E-state index contributed by atoms with van der Waals surface area (Å²) < 4.78 is 0. The Morgan fingerprint density at radius 1 is 1.19 bits per heavy atom. The number of aromatic nitrogens is 2. The minimum atomic E-state index is -0.436. The van der Waals surface area contributed by atoms with Gasteiger partial charge in [-0.05, 0) is 42.0 Å². The molecule has 0 spiro atoms. The number of aliphatic hydroxyl groups is 2. The van der Waals surface area contributed by atoms with Gasteiger partial charge < -0.3 is 20.4 Å². The van der Waals surface area contributed by atoms with Crippen LogP contribution in [0, 0.1) is 5.92 Å². The zero-order chi connectivity index (χ0) is 18.7. The first kappa shape index (κ1) is 18.6. The number of nitrogens with one attached hydrogen (secondary N) is 1. The van der Waals surface area contributed by atoms with Crippen molar-refractivity contribution in [3.63, 3.8) is 0 Å². The summed E-state index contributed by atoms with van der Waals surface area (Å²) >= 11 is 0. The molecule has 0 unspecified atom stereocenters. The van der Waals surface area contributed by atoms with Gasteiger partial charge in [0.1, 0.15) is 5.82 Å². The van der Waals surface area contributed by atoms with Gasteiger partial charge in [-0.15, -0.1) is 0 Å². The minimum absolute atomic E-state index is 0.0496. The van der Waals surface area contributed by atoms with E-state index in [9.17, 15) is 10.2 Å². The van der Waals surface area contributed by atoms with E-state index in [0.29, 0.717) is 5.95 Å². The molecule has 2 heterocycles. The summed E-state index contributed by atoms with van der Waals surface area (Å²) in [5.74, 6) is 1.72. The summed E-state index contributed by atoms with van der Waals surface area (Å²) in [6.07, 6.45) is 2.24. The maximum atomic E-state index is 9.76. The Morgan fingerprint density at radius 3 is 2.69 bits per heavy atom. The second-order valence-corrected chi connectivity index (χ2v) is 7.29. The molecule has 3 N–H and O–H groups in total. The Morgan fingerprint density at radius 2 is 2.00 bits per heavy atom. The van der Waals surface area contributed by atoms with Crippen molar-refractivity contribution in [2.75, 3.05) is 23.4 Å². The van der Waals surface area contributed by atoms with Crippen LogP contribution in [0.15, 0.2) is 30.5 Å². The number of hydrogen-bond acceptors (Lipinski definition) is 6. The number of hydrogen-bond donors (Lipinski definition) is 3. The Balaban J connectivity index is 1.75. The highest BCUT2D eigenvalue weighted by atomic mass is 16.3. The van der Waals surface area contributed by atoms with Crippen LogP contribution in [0.25, 0.3) is 0 Å². The fourth-order valence-corrected chi connectivity index (χ4v) is 3.21. The Kier molecular flexibility index (Phi) is 5.74. The highest BCUT2D eigenvalue weighted by Crippen LogP contribution is 2.26. The van der Waals surface area contributed by atoms with E-state index in [1.54, 1.807) is 13.1 Å². The van der Waals surface area contributed by atoms with Crippen LogP contribution in [0.5, 0.6) is 0 Å². The van der Waals surface area contributed by atoms with Crippen molar-refractivity contribution >= 4 is 11.8 Å². The van der Waals surface area contributed by atoms with E-state index in [4.69, 9.17) is 0 Å². The lowest BCUT2D eigenvalue weighted by Gasteiger charge is -2.30. The lowest BCUT2D eigenvalue weighted by Crippen LogP contribution is -2.33. The zero-order valence-corrected chi connectivity index (χ0v) is 15.7. The van der Waals surface area contributed by atoms with Gasteiger partial charge >= 0.3 is 0 Å². The minimum Gasteiger partial charge on any atom is -0.394 e. The molecule has 26 heavy (non-hydrogen) atoms. The molecular weight excluding hydrogens is 328 g/mol. The number of aliphatic hydroxyl groups excluding tert-OH is 2. The summed E-state index contributed by atoms with van der Waals surface area (Å²) in [7, 11) is 0. The lowest BCUT2D eigenvalue weighted by atomic mass is 9.96. The molecule has 1 aromatic carbocycles. The van der Waals surface area contributed by atoms with E-state index in [0.717, 1.165) is 30.9 Å². The van der Waals surface area contributed by atoms with Crippen molar-refractivity contribution in [1.29, 1.82) is 0 Å². The highest BCUT2D eigenvalue weighted by molar-refractivity contribution is 5.47. The standard InChI is InChI=1S/C20H28N4O2/c1-13(2)18(12-25)22-20-21-8-6-19(23-20)24-9-7-16-10-15(14(3)26)4-5-17(16)11-24/h4-6,8,10,13-14,18,25-26H,7,9,11-12H2,1-3H3,(H,21,22,23)/t14-,18+/m0/s1. The SMILES string of the molecule is CC(C)[C@@H](CO)Nc1nccc(N2CCc3cc([C@H](C)O)ccc3C2)n1. The third-order valence-corrected chi connectivity index (χ3v) is 5.01. The van der Waals surface area contributed by atoms with E-state index in [2.05, 4.69) is 46.2 Å². The first-order valence-electron chi connectivity index (χ1n) is 9.23. The molecular formula is C20H28N4O2. The lowest BCUT2D eigenvalue weighted by molar-refractivity contribution is 0.199. The van der Waals surface area contributed by atoms with Gasteiger partial charge in [-0.2, -0.15) is 4.98 Å². The number of benzene rings is 1. The Bertz CT molecular complexity index is 748. The first-order valence-corrected chi connectivity index (χ1v) is 9.23. The van der Waals surface area contributed by atoms with Crippen molar-refractivity contribution in [3.8, 4) is 0 Å². The molecule has 1 aromatic heterocycles. The second kappa shape index (κ2) is 8.01. The Labute approximate surface area is 154 Å². The van der Waals surface area contributed by atoms with Gasteiger partial charge in [-0.3, -0.25) is 0 Å². The monoisotopic (exact) mass is 356 g/mol. The van der Waals surface area contributed by atoms with Crippen LogP contribution in [0.3, 0.4) is 0 Å². The van der Waals surface area contributed by atoms with Gasteiger partial charge in [0.15, 0.2) is 0 Å². The van der Waals surface area contributed by atoms with Gasteiger partial charge in [0.2, 0.25) is 5.95 Å². The maximum absolute atomic E-state index is 9.76. The third kappa shape index (κ3) is 4.14. The maximum Gasteiger partial charge on any atom is 0.224 e. The summed E-state index contributed by atoms with van der Waals surface area (Å²) in [4.78, 5) is 11.2. The second-order valence-electron chi connectivity index (χ2n) is 7.29. The van der Waals surface area contributed by atoms with Crippen molar-refractivity contribution in [2.45, 2.75) is 45.9 Å². The molecule has 1 aliphatic heterocycles. The molecule has 0 saturated heterocycles. The molecule has 1 aliphatic rings. The number of fused-ring (bicyclic) bond motifs is 1. The average molecular weight is 356 g/mol. The third-order valence-electron chi connectivity index (χ3n) is 5.01. The van der Waals surface area contributed by atoms with Gasteiger partial charge in [-0.1, -0.05) is 32.0 Å². The van der Waals surface area contributed by atoms with Gasteiger partial charge in [0, 0.05) is 19.3 Å². The van der Waals surface area contributed by atoms with E-state index in [1.165, 1.54) is 11.1 Å². The molecule has 0 fully saturated rings. The fraction of sp³-hybridized carbons (Fsp3) is 0.500. The van der Waals surface area contributed by atoms with Crippen molar-refractivity contribution in [2.24, 2.45) is 5.92 Å². The molecule has 3 rings (SSSR count). The first-order chi connectivity index (χ1) is 12.5. The summed E-state index contributed by atoms with van der Waals surface area (Å²) in [5.41, 5.74) is 3.53. The normalized spacial score (nSPS) is 16.3. The zero-order valence-electron chi connectivity index (χ0n) is 15.7. The van der Waals surface area contributed by atoms with Crippen molar-refractivity contribution in [3.05, 3.63) is 47.2 Å². The van der Waals surface area contributed by atoms with Crippen LogP contribution in [0.1, 0.15) is 43.6 Å². The van der Waals surface area contributed by atoms with Crippen molar-refractivity contribution in [1.82, 2.24) is 9.97 Å². The summed E-state index contributed by atoms with van der Waals surface area (Å²) in [6, 6.07) is 8.06. The Hall–Kier alpha value is -2.18.